The third-order valence-electron chi connectivity index (χ3n) is 3.81. The largest absolute Gasteiger partial charge is 0.484 e. The SMILES string of the molecule is Cc1cccc(OCC(=O)n2c(=O)c(C)cc3ccc(N)cc32)c1. The van der Waals surface area contributed by atoms with E-state index in [1.165, 1.54) is 0 Å². The van der Waals surface area contributed by atoms with Crippen LogP contribution < -0.4 is 16.0 Å². The Morgan fingerprint density at radius 1 is 1.12 bits per heavy atom. The fourth-order valence-corrected chi connectivity index (χ4v) is 2.62. The zero-order chi connectivity index (χ0) is 17.3. The first-order valence-electron chi connectivity index (χ1n) is 7.60. The summed E-state index contributed by atoms with van der Waals surface area (Å²) in [6.45, 7) is 3.40. The number of nitrogens with zero attached hydrogens (tertiary/aromatic N) is 1. The summed E-state index contributed by atoms with van der Waals surface area (Å²) in [5.41, 5.74) is 7.96. The van der Waals surface area contributed by atoms with Crippen molar-refractivity contribution >= 4 is 22.5 Å². The normalized spacial score (nSPS) is 10.8. The molecule has 122 valence electrons. The number of benzene rings is 2. The summed E-state index contributed by atoms with van der Waals surface area (Å²) in [6.07, 6.45) is 0. The Morgan fingerprint density at radius 3 is 2.67 bits per heavy atom. The maximum absolute atomic E-state index is 12.6. The molecule has 0 amide bonds. The average Bonchev–Trinajstić information content (AvgIpc) is 2.54. The van der Waals surface area contributed by atoms with Gasteiger partial charge in [-0.1, -0.05) is 18.2 Å². The van der Waals surface area contributed by atoms with Gasteiger partial charge in [-0.2, -0.15) is 0 Å². The van der Waals surface area contributed by atoms with Gasteiger partial charge in [0.25, 0.3) is 11.5 Å². The molecule has 0 atom stereocenters. The predicted octanol–water partition coefficient (Wildman–Crippen LogP) is 2.92. The second-order valence-corrected chi connectivity index (χ2v) is 5.79. The molecular weight excluding hydrogens is 304 g/mol. The molecule has 3 aromatic rings. The molecule has 1 heterocycles. The first-order chi connectivity index (χ1) is 11.5. The molecule has 2 N–H and O–H groups in total. The highest BCUT2D eigenvalue weighted by atomic mass is 16.5. The van der Waals surface area contributed by atoms with Crippen molar-refractivity contribution in [3.63, 3.8) is 0 Å². The summed E-state index contributed by atoms with van der Waals surface area (Å²) in [6, 6.07) is 14.3. The molecule has 1 aromatic heterocycles. The second-order valence-electron chi connectivity index (χ2n) is 5.79. The molecule has 0 spiro atoms. The first-order valence-corrected chi connectivity index (χ1v) is 7.60. The van der Waals surface area contributed by atoms with Gasteiger partial charge < -0.3 is 10.5 Å². The van der Waals surface area contributed by atoms with Crippen molar-refractivity contribution in [3.8, 4) is 5.75 Å². The van der Waals surface area contributed by atoms with E-state index in [2.05, 4.69) is 0 Å². The van der Waals surface area contributed by atoms with Crippen molar-refractivity contribution in [2.75, 3.05) is 12.3 Å². The summed E-state index contributed by atoms with van der Waals surface area (Å²) in [4.78, 5) is 25.0. The molecule has 0 unspecified atom stereocenters. The number of anilines is 1. The highest BCUT2D eigenvalue weighted by Crippen LogP contribution is 2.18. The number of nitrogen functional groups attached to an aromatic ring is 1. The molecule has 5 nitrogen and oxygen atoms in total. The van der Waals surface area contributed by atoms with Gasteiger partial charge in [-0.25, -0.2) is 4.57 Å². The molecule has 0 aliphatic rings. The van der Waals surface area contributed by atoms with E-state index in [9.17, 15) is 9.59 Å². The molecule has 5 heteroatoms. The van der Waals surface area contributed by atoms with Gasteiger partial charge in [0.1, 0.15) is 5.75 Å². The van der Waals surface area contributed by atoms with Crippen molar-refractivity contribution in [1.82, 2.24) is 4.57 Å². The summed E-state index contributed by atoms with van der Waals surface area (Å²) < 4.78 is 6.67. The summed E-state index contributed by atoms with van der Waals surface area (Å²) in [7, 11) is 0. The van der Waals surface area contributed by atoms with E-state index in [0.29, 0.717) is 22.5 Å². The van der Waals surface area contributed by atoms with Crippen molar-refractivity contribution in [1.29, 1.82) is 0 Å². The molecule has 0 saturated heterocycles. The third kappa shape index (κ3) is 3.01. The van der Waals surface area contributed by atoms with Crippen LogP contribution >= 0.6 is 0 Å². The van der Waals surface area contributed by atoms with Crippen LogP contribution in [0.15, 0.2) is 53.3 Å². The van der Waals surface area contributed by atoms with Crippen LogP contribution in [0.4, 0.5) is 5.69 Å². The van der Waals surface area contributed by atoms with Gasteiger partial charge in [-0.15, -0.1) is 0 Å². The van der Waals surface area contributed by atoms with E-state index < -0.39 is 5.91 Å². The number of ether oxygens (including phenoxy) is 1. The van der Waals surface area contributed by atoms with Crippen LogP contribution in [0, 0.1) is 13.8 Å². The lowest BCUT2D eigenvalue weighted by Crippen LogP contribution is -2.32. The molecule has 0 saturated carbocycles. The lowest BCUT2D eigenvalue weighted by Gasteiger charge is -2.12. The van der Waals surface area contributed by atoms with Crippen LogP contribution in [-0.2, 0) is 0 Å². The van der Waals surface area contributed by atoms with E-state index in [1.54, 1.807) is 37.3 Å². The van der Waals surface area contributed by atoms with E-state index in [1.807, 2.05) is 25.1 Å². The fourth-order valence-electron chi connectivity index (χ4n) is 2.62. The Morgan fingerprint density at radius 2 is 1.92 bits per heavy atom. The van der Waals surface area contributed by atoms with Gasteiger partial charge in [0, 0.05) is 11.3 Å². The lowest BCUT2D eigenvalue weighted by molar-refractivity contribution is 0.0838. The quantitative estimate of drug-likeness (QED) is 0.752. The van der Waals surface area contributed by atoms with E-state index >= 15 is 0 Å². The van der Waals surface area contributed by atoms with Gasteiger partial charge in [0.05, 0.1) is 5.52 Å². The highest BCUT2D eigenvalue weighted by molar-refractivity contribution is 5.93. The zero-order valence-electron chi connectivity index (χ0n) is 13.6. The summed E-state index contributed by atoms with van der Waals surface area (Å²) >= 11 is 0. The molecule has 2 aromatic carbocycles. The minimum absolute atomic E-state index is 0.225. The second kappa shape index (κ2) is 6.20. The number of aromatic nitrogens is 1. The van der Waals surface area contributed by atoms with Crippen molar-refractivity contribution < 1.29 is 9.53 Å². The molecular formula is C19H18N2O3. The maximum atomic E-state index is 12.6. The van der Waals surface area contributed by atoms with Crippen LogP contribution in [0.2, 0.25) is 0 Å². The smallest absolute Gasteiger partial charge is 0.271 e. The monoisotopic (exact) mass is 322 g/mol. The summed E-state index contributed by atoms with van der Waals surface area (Å²) in [5.74, 6) is 0.161. The standard InChI is InChI=1S/C19H18N2O3/c1-12-4-3-5-16(8-12)24-11-18(22)21-17-10-15(20)7-6-14(17)9-13(2)19(21)23/h3-10H,11,20H2,1-2H3. The predicted molar refractivity (Wildman–Crippen MR) is 94.7 cm³/mol. The first kappa shape index (κ1) is 15.8. The molecule has 0 aliphatic carbocycles. The number of nitrogens with two attached hydrogens (primary N) is 1. The Bertz CT molecular complexity index is 990. The Kier molecular flexibility index (Phi) is 4.08. The Balaban J connectivity index is 1.98. The number of pyridine rings is 1. The van der Waals surface area contributed by atoms with Crippen molar-refractivity contribution in [3.05, 3.63) is 70.0 Å². The van der Waals surface area contributed by atoms with Crippen LogP contribution in [0.5, 0.6) is 5.75 Å². The van der Waals surface area contributed by atoms with Gasteiger partial charge in [0.15, 0.2) is 6.61 Å². The third-order valence-corrected chi connectivity index (χ3v) is 3.81. The molecule has 0 aliphatic heterocycles. The number of aryl methyl sites for hydroxylation is 2. The van der Waals surface area contributed by atoms with Crippen LogP contribution in [0.1, 0.15) is 15.9 Å². The van der Waals surface area contributed by atoms with E-state index in [4.69, 9.17) is 10.5 Å². The number of fused-ring (bicyclic) bond motifs is 1. The lowest BCUT2D eigenvalue weighted by atomic mass is 10.1. The van der Waals surface area contributed by atoms with Gasteiger partial charge in [0.2, 0.25) is 0 Å². The van der Waals surface area contributed by atoms with Crippen LogP contribution in [-0.4, -0.2) is 17.1 Å². The van der Waals surface area contributed by atoms with Crippen molar-refractivity contribution in [2.45, 2.75) is 13.8 Å². The molecule has 0 bridgehead atoms. The van der Waals surface area contributed by atoms with Gasteiger partial charge in [-0.3, -0.25) is 9.59 Å². The molecule has 0 radical (unpaired) electrons. The van der Waals surface area contributed by atoms with Gasteiger partial charge in [-0.05, 0) is 55.1 Å². The number of rotatable bonds is 3. The fraction of sp³-hybridized carbons (Fsp3) is 0.158. The highest BCUT2D eigenvalue weighted by Gasteiger charge is 2.14. The van der Waals surface area contributed by atoms with Crippen LogP contribution in [0.25, 0.3) is 10.9 Å². The average molecular weight is 322 g/mol. The van der Waals surface area contributed by atoms with Crippen LogP contribution in [0.3, 0.4) is 0 Å². The molecule has 24 heavy (non-hydrogen) atoms. The van der Waals surface area contributed by atoms with Crippen molar-refractivity contribution in [2.24, 2.45) is 0 Å². The molecule has 3 rings (SSSR count). The number of carbonyl (C=O) groups is 1. The maximum Gasteiger partial charge on any atom is 0.271 e. The number of carbonyl (C=O) groups excluding carboxylic acids is 1. The number of hydrogen-bond acceptors (Lipinski definition) is 4. The molecule has 0 fully saturated rings. The number of hydrogen-bond donors (Lipinski definition) is 1. The Labute approximate surface area is 139 Å². The summed E-state index contributed by atoms with van der Waals surface area (Å²) in [5, 5.41) is 0.783. The minimum atomic E-state index is -0.430. The topological polar surface area (TPSA) is 74.3 Å². The minimum Gasteiger partial charge on any atom is -0.484 e. The van der Waals surface area contributed by atoms with Gasteiger partial charge >= 0.3 is 0 Å². The van der Waals surface area contributed by atoms with E-state index in [-0.39, 0.29) is 12.2 Å². The zero-order valence-corrected chi connectivity index (χ0v) is 13.6. The Hall–Kier alpha value is -3.08. The van der Waals surface area contributed by atoms with E-state index in [0.717, 1.165) is 15.5 Å².